The van der Waals surface area contributed by atoms with Crippen molar-refractivity contribution >= 4 is 11.9 Å². The maximum Gasteiger partial charge on any atom is 0.335 e. The molecule has 0 saturated heterocycles. The van der Waals surface area contributed by atoms with Crippen molar-refractivity contribution in [2.45, 2.75) is 26.0 Å². The van der Waals surface area contributed by atoms with Gasteiger partial charge >= 0.3 is 5.97 Å². The first-order valence-electron chi connectivity index (χ1n) is 7.74. The van der Waals surface area contributed by atoms with Crippen LogP contribution in [0.1, 0.15) is 33.5 Å². The Morgan fingerprint density at radius 1 is 0.958 bits per heavy atom. The number of amides is 1. The Labute approximate surface area is 141 Å². The number of carboxylic acid groups (broad SMARTS) is 1. The molecular formula is C19H21NO4. The molecule has 2 aromatic carbocycles. The maximum absolute atomic E-state index is 11.9. The van der Waals surface area contributed by atoms with Crippen LogP contribution in [0.25, 0.3) is 0 Å². The Kier molecular flexibility index (Phi) is 6.51. The van der Waals surface area contributed by atoms with E-state index < -0.39 is 5.97 Å². The molecule has 5 heteroatoms. The molecule has 5 nitrogen and oxygen atoms in total. The second-order valence-electron chi connectivity index (χ2n) is 5.53. The Morgan fingerprint density at radius 3 is 2.12 bits per heavy atom. The van der Waals surface area contributed by atoms with Crippen molar-refractivity contribution in [2.24, 2.45) is 0 Å². The number of hydrogen-bond donors (Lipinski definition) is 2. The number of aryl methyl sites for hydroxylation is 1. The lowest BCUT2D eigenvalue weighted by atomic mass is 10.1. The van der Waals surface area contributed by atoms with E-state index >= 15 is 0 Å². The van der Waals surface area contributed by atoms with Gasteiger partial charge in [-0.1, -0.05) is 36.4 Å². The number of nitrogens with one attached hydrogen (secondary N) is 1. The van der Waals surface area contributed by atoms with Gasteiger partial charge in [0.25, 0.3) is 0 Å². The molecule has 0 aliphatic rings. The van der Waals surface area contributed by atoms with Gasteiger partial charge in [-0.05, 0) is 35.2 Å². The Hall–Kier alpha value is -2.66. The van der Waals surface area contributed by atoms with E-state index in [1.807, 2.05) is 24.3 Å². The van der Waals surface area contributed by atoms with E-state index in [2.05, 4.69) is 5.32 Å². The van der Waals surface area contributed by atoms with Gasteiger partial charge in [-0.15, -0.1) is 0 Å². The molecular weight excluding hydrogens is 306 g/mol. The van der Waals surface area contributed by atoms with Crippen LogP contribution in [-0.4, -0.2) is 24.1 Å². The number of carbonyl (C=O) groups excluding carboxylic acids is 1. The quantitative estimate of drug-likeness (QED) is 0.782. The highest BCUT2D eigenvalue weighted by molar-refractivity contribution is 5.87. The molecule has 0 saturated carbocycles. The zero-order valence-corrected chi connectivity index (χ0v) is 13.6. The fourth-order valence-corrected chi connectivity index (χ4v) is 2.28. The van der Waals surface area contributed by atoms with E-state index in [1.165, 1.54) is 0 Å². The predicted molar refractivity (Wildman–Crippen MR) is 90.7 cm³/mol. The Morgan fingerprint density at radius 2 is 1.54 bits per heavy atom. The van der Waals surface area contributed by atoms with Gasteiger partial charge in [0.15, 0.2) is 0 Å². The largest absolute Gasteiger partial charge is 0.478 e. The molecule has 0 aromatic heterocycles. The summed E-state index contributed by atoms with van der Waals surface area (Å²) < 4.78 is 5.06. The summed E-state index contributed by atoms with van der Waals surface area (Å²) in [5, 5.41) is 11.7. The number of rotatable bonds is 8. The summed E-state index contributed by atoms with van der Waals surface area (Å²) in [7, 11) is 1.66. The minimum absolute atomic E-state index is 0.0294. The van der Waals surface area contributed by atoms with Crippen molar-refractivity contribution in [2.75, 3.05) is 7.11 Å². The fourth-order valence-electron chi connectivity index (χ4n) is 2.28. The molecule has 2 N–H and O–H groups in total. The second kappa shape index (κ2) is 8.84. The third-order valence-corrected chi connectivity index (χ3v) is 3.67. The van der Waals surface area contributed by atoms with Crippen molar-refractivity contribution in [1.82, 2.24) is 5.32 Å². The Balaban J connectivity index is 1.75. The molecule has 0 unspecified atom stereocenters. The fraction of sp³-hybridized carbons (Fsp3) is 0.263. The third-order valence-electron chi connectivity index (χ3n) is 3.67. The van der Waals surface area contributed by atoms with Crippen molar-refractivity contribution < 1.29 is 19.4 Å². The van der Waals surface area contributed by atoms with E-state index in [1.54, 1.807) is 31.4 Å². The summed E-state index contributed by atoms with van der Waals surface area (Å²) in [6.07, 6.45) is 0.951. The molecule has 126 valence electrons. The number of ether oxygens (including phenoxy) is 1. The standard InChI is InChI=1S/C19H21NO4/c1-24-13-16-4-2-15(3-5-16)12-20-18(21)11-8-14-6-9-17(10-7-14)19(22)23/h2-7,9-10H,8,11-13H2,1H3,(H,20,21)(H,22,23). The maximum atomic E-state index is 11.9. The molecule has 2 rings (SSSR count). The highest BCUT2D eigenvalue weighted by atomic mass is 16.5. The summed E-state index contributed by atoms with van der Waals surface area (Å²) in [5.41, 5.74) is 3.32. The number of aromatic carboxylic acids is 1. The average Bonchev–Trinajstić information content (AvgIpc) is 2.60. The zero-order chi connectivity index (χ0) is 17.4. The first-order valence-corrected chi connectivity index (χ1v) is 7.74. The molecule has 0 radical (unpaired) electrons. The molecule has 24 heavy (non-hydrogen) atoms. The highest BCUT2D eigenvalue weighted by Gasteiger charge is 2.05. The van der Waals surface area contributed by atoms with Gasteiger partial charge in [0.05, 0.1) is 12.2 Å². The molecule has 2 aromatic rings. The summed E-state index contributed by atoms with van der Waals surface area (Å²) in [6.45, 7) is 1.07. The van der Waals surface area contributed by atoms with E-state index in [9.17, 15) is 9.59 Å². The second-order valence-corrected chi connectivity index (χ2v) is 5.53. The van der Waals surface area contributed by atoms with Crippen LogP contribution in [-0.2, 0) is 29.1 Å². The number of hydrogen-bond acceptors (Lipinski definition) is 3. The number of benzene rings is 2. The van der Waals surface area contributed by atoms with Gasteiger partial charge in [0, 0.05) is 20.1 Å². The number of methoxy groups -OCH3 is 1. The van der Waals surface area contributed by atoms with Crippen LogP contribution in [0.2, 0.25) is 0 Å². The molecule has 0 heterocycles. The van der Waals surface area contributed by atoms with E-state index in [4.69, 9.17) is 9.84 Å². The van der Waals surface area contributed by atoms with Gasteiger partial charge < -0.3 is 15.2 Å². The summed E-state index contributed by atoms with van der Waals surface area (Å²) in [6, 6.07) is 14.5. The molecule has 0 spiro atoms. The monoisotopic (exact) mass is 327 g/mol. The van der Waals surface area contributed by atoms with Crippen LogP contribution >= 0.6 is 0 Å². The summed E-state index contributed by atoms with van der Waals surface area (Å²) in [4.78, 5) is 22.7. The van der Waals surface area contributed by atoms with Crippen LogP contribution in [0.4, 0.5) is 0 Å². The van der Waals surface area contributed by atoms with Crippen LogP contribution < -0.4 is 5.32 Å². The zero-order valence-electron chi connectivity index (χ0n) is 13.6. The number of carbonyl (C=O) groups is 2. The molecule has 0 aliphatic heterocycles. The van der Waals surface area contributed by atoms with E-state index in [0.717, 1.165) is 16.7 Å². The lowest BCUT2D eigenvalue weighted by molar-refractivity contribution is -0.121. The SMILES string of the molecule is COCc1ccc(CNC(=O)CCc2ccc(C(=O)O)cc2)cc1. The first-order chi connectivity index (χ1) is 11.6. The minimum Gasteiger partial charge on any atom is -0.478 e. The lowest BCUT2D eigenvalue weighted by Gasteiger charge is -2.07. The Bertz CT molecular complexity index is 678. The molecule has 0 bridgehead atoms. The van der Waals surface area contributed by atoms with Crippen molar-refractivity contribution in [3.63, 3.8) is 0 Å². The summed E-state index contributed by atoms with van der Waals surface area (Å²) >= 11 is 0. The van der Waals surface area contributed by atoms with Crippen LogP contribution in [0.5, 0.6) is 0 Å². The first kappa shape index (κ1) is 17.7. The van der Waals surface area contributed by atoms with Crippen LogP contribution in [0, 0.1) is 0 Å². The van der Waals surface area contributed by atoms with Crippen LogP contribution in [0.3, 0.4) is 0 Å². The average molecular weight is 327 g/mol. The number of carboxylic acids is 1. The van der Waals surface area contributed by atoms with Gasteiger partial charge in [-0.2, -0.15) is 0 Å². The molecule has 0 atom stereocenters. The predicted octanol–water partition coefficient (Wildman–Crippen LogP) is 2.78. The van der Waals surface area contributed by atoms with E-state index in [-0.39, 0.29) is 11.5 Å². The van der Waals surface area contributed by atoms with Gasteiger partial charge in [-0.25, -0.2) is 4.79 Å². The smallest absolute Gasteiger partial charge is 0.335 e. The highest BCUT2D eigenvalue weighted by Crippen LogP contribution is 2.08. The molecule has 0 fully saturated rings. The minimum atomic E-state index is -0.948. The van der Waals surface area contributed by atoms with Gasteiger partial charge in [-0.3, -0.25) is 4.79 Å². The topological polar surface area (TPSA) is 75.6 Å². The van der Waals surface area contributed by atoms with Crippen molar-refractivity contribution in [3.05, 3.63) is 70.8 Å². The summed E-state index contributed by atoms with van der Waals surface area (Å²) in [5.74, 6) is -0.978. The van der Waals surface area contributed by atoms with Crippen molar-refractivity contribution in [3.8, 4) is 0 Å². The molecule has 0 aliphatic carbocycles. The van der Waals surface area contributed by atoms with Crippen molar-refractivity contribution in [1.29, 1.82) is 0 Å². The van der Waals surface area contributed by atoms with Gasteiger partial charge in [0.2, 0.25) is 5.91 Å². The lowest BCUT2D eigenvalue weighted by Crippen LogP contribution is -2.23. The van der Waals surface area contributed by atoms with Gasteiger partial charge in [0.1, 0.15) is 0 Å². The molecule has 1 amide bonds. The van der Waals surface area contributed by atoms with Crippen LogP contribution in [0.15, 0.2) is 48.5 Å². The van der Waals surface area contributed by atoms with E-state index in [0.29, 0.717) is 26.0 Å². The third kappa shape index (κ3) is 5.52. The normalized spacial score (nSPS) is 10.4.